The first-order valence-corrected chi connectivity index (χ1v) is 6.72. The molecule has 1 saturated carbocycles. The van der Waals surface area contributed by atoms with Crippen molar-refractivity contribution in [1.29, 1.82) is 5.26 Å². The molecule has 2 unspecified atom stereocenters. The van der Waals surface area contributed by atoms with Crippen molar-refractivity contribution in [2.24, 2.45) is 5.92 Å². The van der Waals surface area contributed by atoms with E-state index in [-0.39, 0.29) is 27.9 Å². The highest BCUT2D eigenvalue weighted by Crippen LogP contribution is 2.47. The van der Waals surface area contributed by atoms with Gasteiger partial charge in [-0.25, -0.2) is 0 Å². The largest absolute Gasteiger partial charge is 0.497 e. The first-order chi connectivity index (χ1) is 9.56. The van der Waals surface area contributed by atoms with Crippen LogP contribution in [0, 0.1) is 17.2 Å². The molecule has 1 aromatic rings. The van der Waals surface area contributed by atoms with Crippen LogP contribution in [0.15, 0.2) is 34.5 Å². The van der Waals surface area contributed by atoms with Crippen LogP contribution in [0.3, 0.4) is 0 Å². The number of halogens is 2. The minimum absolute atomic E-state index is 0.112. The topological polar surface area (TPSA) is 62.1 Å². The van der Waals surface area contributed by atoms with Gasteiger partial charge in [-0.15, -0.1) is 0 Å². The van der Waals surface area contributed by atoms with Gasteiger partial charge >= 0.3 is 0 Å². The van der Waals surface area contributed by atoms with E-state index in [2.05, 4.69) is 5.32 Å². The highest BCUT2D eigenvalue weighted by Gasteiger charge is 2.44. The number of benzene rings is 1. The number of nitrogens with one attached hydrogen (secondary N) is 1. The molecule has 2 atom stereocenters. The van der Waals surface area contributed by atoms with Gasteiger partial charge in [-0.05, 0) is 30.0 Å². The average Bonchev–Trinajstić information content (AvgIpc) is 3.24. The van der Waals surface area contributed by atoms with Crippen LogP contribution in [0.25, 0.3) is 0 Å². The molecule has 0 bridgehead atoms. The molecule has 2 rings (SSSR count). The highest BCUT2D eigenvalue weighted by molar-refractivity contribution is 6.56. The highest BCUT2D eigenvalue weighted by atomic mass is 35.5. The predicted molar refractivity (Wildman–Crippen MR) is 76.3 cm³/mol. The van der Waals surface area contributed by atoms with Crippen LogP contribution in [0.2, 0.25) is 0 Å². The lowest BCUT2D eigenvalue weighted by Crippen LogP contribution is -2.24. The Morgan fingerprint density at radius 1 is 1.40 bits per heavy atom. The zero-order chi connectivity index (χ0) is 14.7. The Morgan fingerprint density at radius 2 is 2.05 bits per heavy atom. The molecule has 104 valence electrons. The number of ether oxygens (including phenoxy) is 1. The Hall–Kier alpha value is -1.70. The molecule has 6 heteroatoms. The maximum atomic E-state index is 11.9. The van der Waals surface area contributed by atoms with Gasteiger partial charge in [-0.2, -0.15) is 5.26 Å². The third-order valence-electron chi connectivity index (χ3n) is 3.22. The Balaban J connectivity index is 1.99. The maximum Gasteiger partial charge on any atom is 0.228 e. The zero-order valence-electron chi connectivity index (χ0n) is 10.7. The number of carbonyl (C=O) groups is 1. The van der Waals surface area contributed by atoms with E-state index < -0.39 is 0 Å². The molecule has 0 spiro atoms. The smallest absolute Gasteiger partial charge is 0.228 e. The molecule has 0 radical (unpaired) electrons. The van der Waals surface area contributed by atoms with Crippen molar-refractivity contribution in [2.75, 3.05) is 7.11 Å². The Kier molecular flexibility index (Phi) is 4.53. The molecular weight excluding hydrogens is 299 g/mol. The van der Waals surface area contributed by atoms with Gasteiger partial charge < -0.3 is 10.1 Å². The van der Waals surface area contributed by atoms with Crippen molar-refractivity contribution >= 4 is 29.1 Å². The van der Waals surface area contributed by atoms with Crippen LogP contribution in [-0.2, 0) is 4.79 Å². The Labute approximate surface area is 126 Å². The summed E-state index contributed by atoms with van der Waals surface area (Å²) in [6.07, 6.45) is 0.747. The standard InChI is InChI=1S/C14H12Cl2N2O2/c1-20-9-4-2-8(3-5-9)10-6-11(10)14(19)18-12(7-17)13(15)16/h2-5,10-11H,6H2,1H3,(H,18,19). The van der Waals surface area contributed by atoms with Crippen molar-refractivity contribution in [2.45, 2.75) is 12.3 Å². The van der Waals surface area contributed by atoms with Crippen molar-refractivity contribution < 1.29 is 9.53 Å². The predicted octanol–water partition coefficient (Wildman–Crippen LogP) is 3.09. The van der Waals surface area contributed by atoms with Gasteiger partial charge in [0.05, 0.1) is 7.11 Å². The summed E-state index contributed by atoms with van der Waals surface area (Å²) in [5, 5.41) is 11.2. The van der Waals surface area contributed by atoms with Gasteiger partial charge in [0, 0.05) is 5.92 Å². The van der Waals surface area contributed by atoms with E-state index in [1.165, 1.54) is 0 Å². The second-order valence-corrected chi connectivity index (χ2v) is 5.41. The summed E-state index contributed by atoms with van der Waals surface area (Å²) in [4.78, 5) is 11.9. The second kappa shape index (κ2) is 6.17. The fourth-order valence-electron chi connectivity index (χ4n) is 2.04. The van der Waals surface area contributed by atoms with Gasteiger partial charge in [0.2, 0.25) is 5.91 Å². The summed E-state index contributed by atoms with van der Waals surface area (Å²) in [6, 6.07) is 9.35. The molecule has 1 aliphatic rings. The maximum absolute atomic E-state index is 11.9. The number of methoxy groups -OCH3 is 1. The number of hydrogen-bond donors (Lipinski definition) is 1. The van der Waals surface area contributed by atoms with Crippen LogP contribution >= 0.6 is 23.2 Å². The average molecular weight is 311 g/mol. The quantitative estimate of drug-likeness (QED) is 0.869. The molecule has 1 fully saturated rings. The molecule has 0 aromatic heterocycles. The van der Waals surface area contributed by atoms with E-state index in [0.29, 0.717) is 0 Å². The third-order valence-corrected chi connectivity index (χ3v) is 3.60. The number of amides is 1. The van der Waals surface area contributed by atoms with E-state index in [1.807, 2.05) is 24.3 Å². The van der Waals surface area contributed by atoms with E-state index in [4.69, 9.17) is 33.2 Å². The Bertz CT molecular complexity index is 586. The third kappa shape index (κ3) is 3.24. The zero-order valence-corrected chi connectivity index (χ0v) is 12.2. The molecular formula is C14H12Cl2N2O2. The van der Waals surface area contributed by atoms with Crippen molar-refractivity contribution in [3.63, 3.8) is 0 Å². The summed E-state index contributed by atoms with van der Waals surface area (Å²) in [6.45, 7) is 0. The van der Waals surface area contributed by atoms with Gasteiger partial charge in [0.1, 0.15) is 16.3 Å². The summed E-state index contributed by atoms with van der Waals surface area (Å²) in [5.74, 6) is 0.551. The van der Waals surface area contributed by atoms with Crippen LogP contribution < -0.4 is 10.1 Å². The molecule has 0 saturated heterocycles. The first-order valence-electron chi connectivity index (χ1n) is 5.97. The van der Waals surface area contributed by atoms with Crippen LogP contribution in [0.4, 0.5) is 0 Å². The van der Waals surface area contributed by atoms with Crippen LogP contribution in [0.5, 0.6) is 5.75 Å². The fourth-order valence-corrected chi connectivity index (χ4v) is 2.22. The van der Waals surface area contributed by atoms with E-state index in [9.17, 15) is 4.79 Å². The van der Waals surface area contributed by atoms with Crippen molar-refractivity contribution in [3.8, 4) is 11.8 Å². The van der Waals surface area contributed by atoms with Gasteiger partial charge in [-0.1, -0.05) is 35.3 Å². The number of nitriles is 1. The number of nitrogens with zero attached hydrogens (tertiary/aromatic N) is 1. The van der Waals surface area contributed by atoms with Gasteiger partial charge in [-0.3, -0.25) is 4.79 Å². The SMILES string of the molecule is COc1ccc(C2CC2C(=O)NC(C#N)=C(Cl)Cl)cc1. The lowest BCUT2D eigenvalue weighted by atomic mass is 10.1. The lowest BCUT2D eigenvalue weighted by molar-refractivity contribution is -0.121. The molecule has 20 heavy (non-hydrogen) atoms. The number of hydrogen-bond acceptors (Lipinski definition) is 3. The van der Waals surface area contributed by atoms with Gasteiger partial charge in [0.25, 0.3) is 0 Å². The summed E-state index contributed by atoms with van der Waals surface area (Å²) in [5.41, 5.74) is 0.962. The number of allylic oxidation sites excluding steroid dienone is 1. The normalized spacial score (nSPS) is 19.7. The van der Waals surface area contributed by atoms with Crippen LogP contribution in [0.1, 0.15) is 17.9 Å². The first kappa shape index (κ1) is 14.7. The number of carbonyl (C=O) groups excluding carboxylic acids is 1. The second-order valence-electron chi connectivity index (χ2n) is 4.46. The minimum atomic E-state index is -0.235. The molecule has 1 aliphatic carbocycles. The fraction of sp³-hybridized carbons (Fsp3) is 0.286. The van der Waals surface area contributed by atoms with E-state index >= 15 is 0 Å². The van der Waals surface area contributed by atoms with Crippen molar-refractivity contribution in [3.05, 3.63) is 40.0 Å². The summed E-state index contributed by atoms with van der Waals surface area (Å²) in [7, 11) is 1.61. The minimum Gasteiger partial charge on any atom is -0.497 e. The van der Waals surface area contributed by atoms with E-state index in [0.717, 1.165) is 17.7 Å². The summed E-state index contributed by atoms with van der Waals surface area (Å²) < 4.78 is 4.85. The molecule has 1 aromatic carbocycles. The lowest BCUT2D eigenvalue weighted by Gasteiger charge is -2.04. The number of rotatable bonds is 4. The van der Waals surface area contributed by atoms with Crippen molar-refractivity contribution in [1.82, 2.24) is 5.32 Å². The van der Waals surface area contributed by atoms with E-state index in [1.54, 1.807) is 13.2 Å². The Morgan fingerprint density at radius 3 is 2.55 bits per heavy atom. The van der Waals surface area contributed by atoms with Gasteiger partial charge in [0.15, 0.2) is 5.70 Å². The molecule has 0 aliphatic heterocycles. The molecule has 1 N–H and O–H groups in total. The molecule has 0 heterocycles. The monoisotopic (exact) mass is 310 g/mol. The molecule has 4 nitrogen and oxygen atoms in total. The van der Waals surface area contributed by atoms with Crippen LogP contribution in [-0.4, -0.2) is 13.0 Å². The molecule has 1 amide bonds. The summed E-state index contributed by atoms with van der Waals surface area (Å²) >= 11 is 11.0.